The Kier molecular flexibility index (Phi) is 31.2. The van der Waals surface area contributed by atoms with Gasteiger partial charge in [0.05, 0.1) is 0 Å². The predicted octanol–water partition coefficient (Wildman–Crippen LogP) is -1.27. The van der Waals surface area contributed by atoms with Gasteiger partial charge in [-0.3, -0.25) is 0 Å². The van der Waals surface area contributed by atoms with Crippen molar-refractivity contribution in [2.45, 2.75) is 38.5 Å². The molecule has 0 aliphatic rings. The van der Waals surface area contributed by atoms with Gasteiger partial charge in [-0.25, -0.2) is 0 Å². The molecule has 0 aliphatic carbocycles. The normalized spacial score (nSPS) is 7.64. The fourth-order valence-electron chi connectivity index (χ4n) is 0.660. The molecule has 7 heteroatoms. The zero-order valence-electron chi connectivity index (χ0n) is 12.6. The Morgan fingerprint density at radius 2 is 0.818 bits per heavy atom. The number of aliphatic carboxylic acids is 3. The number of hydrogen-bond acceptors (Lipinski definition) is 6. The number of rotatable bonds is 9. The minimum absolute atomic E-state index is 0. The molecule has 0 aromatic carbocycles. The van der Waals surface area contributed by atoms with Gasteiger partial charge in [-0.1, -0.05) is 18.2 Å². The van der Waals surface area contributed by atoms with Crippen LogP contribution in [0.15, 0.2) is 38.0 Å². The first-order valence-electron chi connectivity index (χ1n) is 6.23. The van der Waals surface area contributed by atoms with Crippen LogP contribution in [0.3, 0.4) is 0 Å². The van der Waals surface area contributed by atoms with Crippen molar-refractivity contribution >= 4 is 35.3 Å². The second-order valence-corrected chi connectivity index (χ2v) is 3.60. The number of carbonyl (C=O) groups excluding carboxylic acids is 3. The summed E-state index contributed by atoms with van der Waals surface area (Å²) in [5.41, 5.74) is 0. The molecule has 0 aromatic rings. The molecule has 0 fully saturated rings. The Morgan fingerprint density at radius 3 is 0.864 bits per heavy atom. The van der Waals surface area contributed by atoms with Gasteiger partial charge in [-0.15, -0.1) is 19.7 Å². The minimum Gasteiger partial charge on any atom is -0.550 e. The van der Waals surface area contributed by atoms with Gasteiger partial charge in [0, 0.05) is 17.9 Å². The number of carboxylic acid groups (broad SMARTS) is 3. The van der Waals surface area contributed by atoms with Gasteiger partial charge in [0.2, 0.25) is 0 Å². The van der Waals surface area contributed by atoms with E-state index in [4.69, 9.17) is 0 Å². The summed E-state index contributed by atoms with van der Waals surface area (Å²) in [6.07, 6.45) is 6.42. The molecular formula is C15H21AlO6. The minimum atomic E-state index is -1.01. The first-order chi connectivity index (χ1) is 9.81. The Balaban J connectivity index is -0.000000108. The molecule has 0 atom stereocenters. The average Bonchev–Trinajstić information content (AvgIpc) is 2.41. The van der Waals surface area contributed by atoms with E-state index in [1.807, 2.05) is 0 Å². The maximum absolute atomic E-state index is 9.60. The third-order valence-electron chi connectivity index (χ3n) is 1.66. The van der Waals surface area contributed by atoms with E-state index in [2.05, 4.69) is 19.7 Å². The van der Waals surface area contributed by atoms with E-state index < -0.39 is 17.9 Å². The third kappa shape index (κ3) is 51.8. The van der Waals surface area contributed by atoms with Crippen LogP contribution in [0.1, 0.15) is 38.5 Å². The van der Waals surface area contributed by atoms with Gasteiger partial charge < -0.3 is 29.7 Å². The summed E-state index contributed by atoms with van der Waals surface area (Å²) >= 11 is 0. The van der Waals surface area contributed by atoms with Crippen molar-refractivity contribution in [1.82, 2.24) is 0 Å². The Bertz CT molecular complexity index is 287. The van der Waals surface area contributed by atoms with Gasteiger partial charge >= 0.3 is 17.4 Å². The van der Waals surface area contributed by atoms with Gasteiger partial charge in [-0.05, 0) is 38.5 Å². The molecule has 0 spiro atoms. The molecule has 0 N–H and O–H groups in total. The third-order valence-corrected chi connectivity index (χ3v) is 1.66. The number of allylic oxidation sites excluding steroid dienone is 3. The van der Waals surface area contributed by atoms with Crippen molar-refractivity contribution in [3.8, 4) is 0 Å². The van der Waals surface area contributed by atoms with Crippen molar-refractivity contribution in [2.24, 2.45) is 0 Å². The van der Waals surface area contributed by atoms with E-state index in [9.17, 15) is 29.7 Å². The van der Waals surface area contributed by atoms with Gasteiger partial charge in [0.25, 0.3) is 0 Å². The van der Waals surface area contributed by atoms with Crippen LogP contribution >= 0.6 is 0 Å². The standard InChI is InChI=1S/3C5H8O2.Al/c3*1-2-3-4-5(6)7;/h3*2H,1,3-4H2,(H,6,7);/q;;;+3/p-3. The molecule has 0 radical (unpaired) electrons. The Hall–Kier alpha value is -1.84. The van der Waals surface area contributed by atoms with Gasteiger partial charge in [0.15, 0.2) is 0 Å². The summed E-state index contributed by atoms with van der Waals surface area (Å²) in [6, 6.07) is 0. The van der Waals surface area contributed by atoms with Crippen molar-refractivity contribution in [2.75, 3.05) is 0 Å². The van der Waals surface area contributed by atoms with Crippen molar-refractivity contribution in [3.05, 3.63) is 38.0 Å². The molecule has 0 saturated heterocycles. The number of hydrogen-bond donors (Lipinski definition) is 0. The van der Waals surface area contributed by atoms with Crippen LogP contribution in [-0.4, -0.2) is 35.3 Å². The molecule has 0 saturated carbocycles. The summed E-state index contributed by atoms with van der Waals surface area (Å²) < 4.78 is 0. The van der Waals surface area contributed by atoms with Crippen molar-refractivity contribution in [1.29, 1.82) is 0 Å². The Labute approximate surface area is 142 Å². The first kappa shape index (κ1) is 28.3. The SMILES string of the molecule is C=CCCC(=O)[O-].C=CCCC(=O)[O-].C=CCCC(=O)[O-].[Al+3]. The maximum Gasteiger partial charge on any atom is 3.00 e. The van der Waals surface area contributed by atoms with Crippen LogP contribution in [0, 0.1) is 0 Å². The molecule has 0 heterocycles. The molecule has 0 aromatic heterocycles. The van der Waals surface area contributed by atoms with Crippen molar-refractivity contribution in [3.63, 3.8) is 0 Å². The zero-order valence-corrected chi connectivity index (χ0v) is 13.8. The van der Waals surface area contributed by atoms with Crippen LogP contribution in [0.5, 0.6) is 0 Å². The summed E-state index contributed by atoms with van der Waals surface area (Å²) in [5.74, 6) is -3.04. The average molecular weight is 324 g/mol. The predicted molar refractivity (Wildman–Crippen MR) is 79.1 cm³/mol. The number of carboxylic acids is 3. The first-order valence-corrected chi connectivity index (χ1v) is 6.23. The maximum atomic E-state index is 9.60. The van der Waals surface area contributed by atoms with E-state index in [1.54, 1.807) is 18.2 Å². The van der Waals surface area contributed by atoms with Crippen LogP contribution in [0.2, 0.25) is 0 Å². The molecule has 0 aliphatic heterocycles. The molecule has 0 amide bonds. The van der Waals surface area contributed by atoms with Crippen LogP contribution in [0.4, 0.5) is 0 Å². The van der Waals surface area contributed by atoms with Gasteiger partial charge in [0.1, 0.15) is 0 Å². The Morgan fingerprint density at radius 1 is 0.636 bits per heavy atom. The van der Waals surface area contributed by atoms with E-state index in [1.165, 1.54) is 0 Å². The van der Waals surface area contributed by atoms with Crippen LogP contribution < -0.4 is 15.3 Å². The van der Waals surface area contributed by atoms with Crippen molar-refractivity contribution < 1.29 is 29.7 Å². The molecule has 120 valence electrons. The fourth-order valence-corrected chi connectivity index (χ4v) is 0.660. The van der Waals surface area contributed by atoms with Crippen LogP contribution in [-0.2, 0) is 14.4 Å². The molecule has 22 heavy (non-hydrogen) atoms. The molecular weight excluding hydrogens is 303 g/mol. The second-order valence-electron chi connectivity index (χ2n) is 3.60. The smallest absolute Gasteiger partial charge is 0.550 e. The summed E-state index contributed by atoms with van der Waals surface area (Å²) in [7, 11) is 0. The number of carbonyl (C=O) groups is 3. The monoisotopic (exact) mass is 324 g/mol. The van der Waals surface area contributed by atoms with Gasteiger partial charge in [-0.2, -0.15) is 0 Å². The molecule has 0 bridgehead atoms. The zero-order chi connectivity index (χ0) is 17.1. The van der Waals surface area contributed by atoms with E-state index in [0.29, 0.717) is 19.3 Å². The summed E-state index contributed by atoms with van der Waals surface area (Å²) in [4.78, 5) is 28.8. The largest absolute Gasteiger partial charge is 3.00 e. The quantitative estimate of drug-likeness (QED) is 0.385. The van der Waals surface area contributed by atoms with E-state index in [0.717, 1.165) is 0 Å². The van der Waals surface area contributed by atoms with E-state index in [-0.39, 0.29) is 36.6 Å². The summed E-state index contributed by atoms with van der Waals surface area (Å²) in [5, 5.41) is 28.8. The molecule has 0 rings (SSSR count). The topological polar surface area (TPSA) is 120 Å². The second kappa shape index (κ2) is 24.2. The fraction of sp³-hybridized carbons (Fsp3) is 0.400. The molecule has 0 unspecified atom stereocenters. The molecule has 6 nitrogen and oxygen atoms in total. The summed E-state index contributed by atoms with van der Waals surface area (Å²) in [6.45, 7) is 10.0. The van der Waals surface area contributed by atoms with Crippen LogP contribution in [0.25, 0.3) is 0 Å². The van der Waals surface area contributed by atoms with E-state index >= 15 is 0 Å².